The molecule has 0 aliphatic rings. The molecular weight excluding hydrogens is 294 g/mol. The van der Waals surface area contributed by atoms with Crippen LogP contribution in [0.4, 0.5) is 0 Å². The van der Waals surface area contributed by atoms with Gasteiger partial charge in [-0.3, -0.25) is 0 Å². The van der Waals surface area contributed by atoms with Crippen molar-refractivity contribution in [1.29, 1.82) is 0 Å². The molecule has 0 saturated heterocycles. The molecule has 1 aromatic carbocycles. The number of aromatic nitrogens is 2. The Morgan fingerprint density at radius 3 is 2.89 bits per heavy atom. The van der Waals surface area contributed by atoms with Crippen molar-refractivity contribution in [2.24, 2.45) is 11.7 Å². The number of hydrogen-bond acceptors (Lipinski definition) is 4. The van der Waals surface area contributed by atoms with E-state index in [1.807, 2.05) is 25.1 Å². The van der Waals surface area contributed by atoms with E-state index < -0.39 is 0 Å². The van der Waals surface area contributed by atoms with E-state index in [1.165, 1.54) is 0 Å². The van der Waals surface area contributed by atoms with Crippen LogP contribution in [0.5, 0.6) is 0 Å². The molecule has 0 saturated carbocycles. The molecule has 4 nitrogen and oxygen atoms in total. The molecule has 2 rings (SSSR count). The third-order valence-electron chi connectivity index (χ3n) is 2.82. The fourth-order valence-electron chi connectivity index (χ4n) is 1.71. The molecule has 0 radical (unpaired) electrons. The lowest BCUT2D eigenvalue weighted by molar-refractivity contribution is 0.359. The van der Waals surface area contributed by atoms with Crippen LogP contribution in [0.2, 0.25) is 0 Å². The molecule has 0 fully saturated rings. The summed E-state index contributed by atoms with van der Waals surface area (Å²) in [4.78, 5) is 4.41. The summed E-state index contributed by atoms with van der Waals surface area (Å²) < 4.78 is 6.29. The number of hydrogen-bond donors (Lipinski definition) is 1. The van der Waals surface area contributed by atoms with Crippen LogP contribution in [-0.2, 0) is 6.42 Å². The average molecular weight is 310 g/mol. The van der Waals surface area contributed by atoms with Gasteiger partial charge in [-0.25, -0.2) is 0 Å². The van der Waals surface area contributed by atoms with Crippen LogP contribution in [0, 0.1) is 12.8 Å². The summed E-state index contributed by atoms with van der Waals surface area (Å²) in [6.45, 7) is 4.71. The monoisotopic (exact) mass is 309 g/mol. The van der Waals surface area contributed by atoms with Crippen LogP contribution >= 0.6 is 15.9 Å². The van der Waals surface area contributed by atoms with E-state index in [2.05, 4.69) is 33.0 Å². The Balaban J connectivity index is 2.24. The van der Waals surface area contributed by atoms with Gasteiger partial charge in [0.25, 0.3) is 0 Å². The van der Waals surface area contributed by atoms with Crippen molar-refractivity contribution in [3.8, 4) is 11.4 Å². The highest BCUT2D eigenvalue weighted by atomic mass is 79.9. The van der Waals surface area contributed by atoms with Gasteiger partial charge in [0.05, 0.1) is 0 Å². The van der Waals surface area contributed by atoms with E-state index >= 15 is 0 Å². The standard InChI is InChI=1S/C13H16BrN3O/c1-8(7-15)5-12-16-13(17-18-12)11-4-3-10(14)6-9(11)2/h3-4,6,8H,5,7,15H2,1-2H3. The summed E-state index contributed by atoms with van der Waals surface area (Å²) in [5, 5.41) is 4.02. The Kier molecular flexibility index (Phi) is 4.14. The van der Waals surface area contributed by atoms with E-state index in [0.717, 1.165) is 22.0 Å². The van der Waals surface area contributed by atoms with Crippen molar-refractivity contribution >= 4 is 15.9 Å². The molecule has 1 atom stereocenters. The van der Waals surface area contributed by atoms with Crippen LogP contribution < -0.4 is 5.73 Å². The van der Waals surface area contributed by atoms with Gasteiger partial charge in [0.15, 0.2) is 0 Å². The summed E-state index contributed by atoms with van der Waals surface area (Å²) in [6, 6.07) is 6.00. The van der Waals surface area contributed by atoms with Gasteiger partial charge in [0.1, 0.15) is 0 Å². The van der Waals surface area contributed by atoms with E-state index in [9.17, 15) is 0 Å². The number of nitrogens with two attached hydrogens (primary N) is 1. The Morgan fingerprint density at radius 1 is 1.44 bits per heavy atom. The highest BCUT2D eigenvalue weighted by Crippen LogP contribution is 2.24. The first kappa shape index (κ1) is 13.2. The lowest BCUT2D eigenvalue weighted by Gasteiger charge is -2.02. The van der Waals surface area contributed by atoms with Gasteiger partial charge in [0, 0.05) is 16.5 Å². The average Bonchev–Trinajstić information content (AvgIpc) is 2.77. The summed E-state index contributed by atoms with van der Waals surface area (Å²) in [5.41, 5.74) is 7.69. The second-order valence-electron chi connectivity index (χ2n) is 4.52. The van der Waals surface area contributed by atoms with Crippen molar-refractivity contribution in [2.75, 3.05) is 6.54 Å². The first-order valence-corrected chi connectivity index (χ1v) is 6.68. The largest absolute Gasteiger partial charge is 0.339 e. The number of benzene rings is 1. The van der Waals surface area contributed by atoms with Crippen LogP contribution in [0.3, 0.4) is 0 Å². The van der Waals surface area contributed by atoms with Gasteiger partial charge in [-0.1, -0.05) is 28.0 Å². The predicted octanol–water partition coefficient (Wildman–Crippen LogP) is 2.94. The van der Waals surface area contributed by atoms with E-state index in [1.54, 1.807) is 0 Å². The minimum Gasteiger partial charge on any atom is -0.339 e. The van der Waals surface area contributed by atoms with Crippen molar-refractivity contribution in [1.82, 2.24) is 10.1 Å². The summed E-state index contributed by atoms with van der Waals surface area (Å²) >= 11 is 3.44. The SMILES string of the molecule is Cc1cc(Br)ccc1-c1noc(CC(C)CN)n1. The second kappa shape index (κ2) is 5.63. The minimum absolute atomic E-state index is 0.351. The molecule has 0 spiro atoms. The molecule has 1 unspecified atom stereocenters. The fraction of sp³-hybridized carbons (Fsp3) is 0.385. The van der Waals surface area contributed by atoms with Crippen LogP contribution in [0.25, 0.3) is 11.4 Å². The number of halogens is 1. The molecule has 2 aromatic rings. The van der Waals surface area contributed by atoms with E-state index in [-0.39, 0.29) is 0 Å². The van der Waals surface area contributed by atoms with Crippen molar-refractivity contribution < 1.29 is 4.52 Å². The van der Waals surface area contributed by atoms with Gasteiger partial charge >= 0.3 is 0 Å². The van der Waals surface area contributed by atoms with E-state index in [0.29, 0.717) is 24.2 Å². The zero-order valence-corrected chi connectivity index (χ0v) is 12.1. The van der Waals surface area contributed by atoms with Gasteiger partial charge < -0.3 is 10.3 Å². The van der Waals surface area contributed by atoms with Crippen LogP contribution in [-0.4, -0.2) is 16.7 Å². The zero-order chi connectivity index (χ0) is 13.1. The third kappa shape index (κ3) is 2.97. The first-order valence-electron chi connectivity index (χ1n) is 5.89. The maximum Gasteiger partial charge on any atom is 0.227 e. The molecular formula is C13H16BrN3O. The highest BCUT2D eigenvalue weighted by Gasteiger charge is 2.12. The van der Waals surface area contributed by atoms with Crippen LogP contribution in [0.1, 0.15) is 18.4 Å². The molecule has 0 aliphatic carbocycles. The van der Waals surface area contributed by atoms with E-state index in [4.69, 9.17) is 10.3 Å². The van der Waals surface area contributed by atoms with Crippen LogP contribution in [0.15, 0.2) is 27.2 Å². The molecule has 96 valence electrons. The Morgan fingerprint density at radius 2 is 2.22 bits per heavy atom. The second-order valence-corrected chi connectivity index (χ2v) is 5.43. The molecule has 0 amide bonds. The molecule has 0 bridgehead atoms. The molecule has 1 heterocycles. The van der Waals surface area contributed by atoms with Gasteiger partial charge in [-0.05, 0) is 43.1 Å². The number of rotatable bonds is 4. The maximum atomic E-state index is 5.58. The Labute approximate surface area is 115 Å². The van der Waals surface area contributed by atoms with Gasteiger partial charge in [-0.2, -0.15) is 4.98 Å². The summed E-state index contributed by atoms with van der Waals surface area (Å²) in [5.74, 6) is 1.63. The Hall–Kier alpha value is -1.20. The van der Waals surface area contributed by atoms with Crippen molar-refractivity contribution in [2.45, 2.75) is 20.3 Å². The number of nitrogens with zero attached hydrogens (tertiary/aromatic N) is 2. The first-order chi connectivity index (χ1) is 8.60. The zero-order valence-electron chi connectivity index (χ0n) is 10.5. The fourth-order valence-corrected chi connectivity index (χ4v) is 2.18. The Bertz CT molecular complexity index is 539. The van der Waals surface area contributed by atoms with Crippen molar-refractivity contribution in [3.05, 3.63) is 34.1 Å². The highest BCUT2D eigenvalue weighted by molar-refractivity contribution is 9.10. The molecule has 18 heavy (non-hydrogen) atoms. The molecule has 2 N–H and O–H groups in total. The third-order valence-corrected chi connectivity index (χ3v) is 3.32. The minimum atomic E-state index is 0.351. The lowest BCUT2D eigenvalue weighted by atomic mass is 10.1. The summed E-state index contributed by atoms with van der Waals surface area (Å²) in [7, 11) is 0. The number of aryl methyl sites for hydroxylation is 1. The molecule has 1 aromatic heterocycles. The predicted molar refractivity (Wildman–Crippen MR) is 74.1 cm³/mol. The van der Waals surface area contributed by atoms with Gasteiger partial charge in [-0.15, -0.1) is 0 Å². The summed E-state index contributed by atoms with van der Waals surface area (Å²) in [6.07, 6.45) is 0.721. The topological polar surface area (TPSA) is 64.9 Å². The van der Waals surface area contributed by atoms with Crippen molar-refractivity contribution in [3.63, 3.8) is 0 Å². The molecule has 5 heteroatoms. The lowest BCUT2D eigenvalue weighted by Crippen LogP contribution is -2.13. The smallest absolute Gasteiger partial charge is 0.227 e. The quantitative estimate of drug-likeness (QED) is 0.943. The van der Waals surface area contributed by atoms with Gasteiger partial charge in [0.2, 0.25) is 11.7 Å². The maximum absolute atomic E-state index is 5.58. The molecule has 0 aliphatic heterocycles. The normalized spacial score (nSPS) is 12.7.